The van der Waals surface area contributed by atoms with Crippen molar-refractivity contribution < 1.29 is 9.18 Å². The van der Waals surface area contributed by atoms with E-state index in [1.165, 1.54) is 12.1 Å². The average Bonchev–Trinajstić information content (AvgIpc) is 2.16. The number of halogens is 1. The van der Waals surface area contributed by atoms with Gasteiger partial charge in [0.25, 0.3) is 0 Å². The van der Waals surface area contributed by atoms with Crippen LogP contribution in [-0.2, 0) is 11.2 Å². The molecule has 1 amide bonds. The first-order valence-electron chi connectivity index (χ1n) is 5.48. The van der Waals surface area contributed by atoms with E-state index >= 15 is 0 Å². The van der Waals surface area contributed by atoms with Gasteiger partial charge in [0, 0.05) is 5.54 Å². The van der Waals surface area contributed by atoms with Crippen molar-refractivity contribution in [3.05, 3.63) is 35.6 Å². The summed E-state index contributed by atoms with van der Waals surface area (Å²) in [7, 11) is 0. The molecule has 16 heavy (non-hydrogen) atoms. The Labute approximate surface area is 95.9 Å². The number of nitrogens with one attached hydrogen (secondary N) is 1. The summed E-state index contributed by atoms with van der Waals surface area (Å²) in [6, 6.07) is 6.13. The van der Waals surface area contributed by atoms with Gasteiger partial charge in [-0.2, -0.15) is 0 Å². The third-order valence-electron chi connectivity index (χ3n) is 2.62. The second-order valence-corrected chi connectivity index (χ2v) is 4.59. The fourth-order valence-corrected chi connectivity index (χ4v) is 1.34. The van der Waals surface area contributed by atoms with Crippen molar-refractivity contribution in [3.8, 4) is 0 Å². The fourth-order valence-electron chi connectivity index (χ4n) is 1.34. The van der Waals surface area contributed by atoms with Gasteiger partial charge in [-0.1, -0.05) is 19.1 Å². The predicted molar refractivity (Wildman–Crippen MR) is 62.6 cm³/mol. The molecule has 0 spiro atoms. The summed E-state index contributed by atoms with van der Waals surface area (Å²) in [6.45, 7) is 5.95. The van der Waals surface area contributed by atoms with E-state index < -0.39 is 0 Å². The number of carbonyl (C=O) groups is 1. The average molecular weight is 223 g/mol. The first-order valence-corrected chi connectivity index (χ1v) is 5.48. The first kappa shape index (κ1) is 12.7. The van der Waals surface area contributed by atoms with Crippen molar-refractivity contribution in [2.45, 2.75) is 39.2 Å². The number of amides is 1. The minimum atomic E-state index is -0.306. The van der Waals surface area contributed by atoms with Crippen LogP contribution >= 0.6 is 0 Å². The van der Waals surface area contributed by atoms with Crippen molar-refractivity contribution >= 4 is 5.91 Å². The van der Waals surface area contributed by atoms with Crippen molar-refractivity contribution in [3.63, 3.8) is 0 Å². The summed E-state index contributed by atoms with van der Waals surface area (Å²) in [5, 5.41) is 2.91. The second kappa shape index (κ2) is 5.10. The van der Waals surface area contributed by atoms with Crippen LogP contribution in [0.15, 0.2) is 24.3 Å². The number of rotatable bonds is 4. The van der Waals surface area contributed by atoms with Gasteiger partial charge in [0.05, 0.1) is 6.42 Å². The Balaban J connectivity index is 2.59. The van der Waals surface area contributed by atoms with Crippen molar-refractivity contribution in [2.24, 2.45) is 0 Å². The highest BCUT2D eigenvalue weighted by molar-refractivity contribution is 5.79. The fraction of sp³-hybridized carbons (Fsp3) is 0.462. The number of hydrogen-bond donors (Lipinski definition) is 1. The Morgan fingerprint density at radius 1 is 1.44 bits per heavy atom. The molecule has 1 aromatic rings. The third kappa shape index (κ3) is 4.01. The summed E-state index contributed by atoms with van der Waals surface area (Å²) in [4.78, 5) is 11.7. The molecule has 0 saturated carbocycles. The molecule has 0 radical (unpaired) electrons. The minimum Gasteiger partial charge on any atom is -0.351 e. The normalized spacial score (nSPS) is 11.2. The van der Waals surface area contributed by atoms with E-state index in [1.807, 2.05) is 20.8 Å². The van der Waals surface area contributed by atoms with Crippen molar-refractivity contribution in [1.29, 1.82) is 0 Å². The molecule has 88 valence electrons. The zero-order valence-electron chi connectivity index (χ0n) is 10.0. The Morgan fingerprint density at radius 3 is 2.69 bits per heavy atom. The third-order valence-corrected chi connectivity index (χ3v) is 2.62. The molecule has 0 aliphatic rings. The van der Waals surface area contributed by atoms with Gasteiger partial charge in [-0.25, -0.2) is 4.39 Å². The molecular formula is C13H18FNO. The van der Waals surface area contributed by atoms with Crippen LogP contribution in [0.3, 0.4) is 0 Å². The summed E-state index contributed by atoms with van der Waals surface area (Å²) < 4.78 is 12.9. The molecule has 0 unspecified atom stereocenters. The SMILES string of the molecule is CCC(C)(C)NC(=O)Cc1cccc(F)c1. The highest BCUT2D eigenvalue weighted by Crippen LogP contribution is 2.09. The van der Waals surface area contributed by atoms with E-state index in [9.17, 15) is 9.18 Å². The van der Waals surface area contributed by atoms with Crippen LogP contribution in [0.4, 0.5) is 4.39 Å². The lowest BCUT2D eigenvalue weighted by Crippen LogP contribution is -2.43. The summed E-state index contributed by atoms with van der Waals surface area (Å²) >= 11 is 0. The van der Waals surface area contributed by atoms with Gasteiger partial charge < -0.3 is 5.32 Å². The molecule has 1 rings (SSSR count). The van der Waals surface area contributed by atoms with E-state index in [1.54, 1.807) is 12.1 Å². The Hall–Kier alpha value is -1.38. The van der Waals surface area contributed by atoms with E-state index in [-0.39, 0.29) is 23.7 Å². The number of hydrogen-bond acceptors (Lipinski definition) is 1. The molecule has 1 aromatic carbocycles. The molecule has 2 nitrogen and oxygen atoms in total. The van der Waals surface area contributed by atoms with Crippen molar-refractivity contribution in [2.75, 3.05) is 0 Å². The van der Waals surface area contributed by atoms with Crippen LogP contribution in [0, 0.1) is 5.82 Å². The van der Waals surface area contributed by atoms with Gasteiger partial charge in [0.15, 0.2) is 0 Å². The Morgan fingerprint density at radius 2 is 2.12 bits per heavy atom. The first-order chi connectivity index (χ1) is 7.43. The topological polar surface area (TPSA) is 29.1 Å². The molecule has 1 N–H and O–H groups in total. The molecule has 3 heteroatoms. The molecule has 0 aliphatic carbocycles. The lowest BCUT2D eigenvalue weighted by molar-refractivity contribution is -0.122. The van der Waals surface area contributed by atoms with Crippen LogP contribution in [0.1, 0.15) is 32.8 Å². The highest BCUT2D eigenvalue weighted by atomic mass is 19.1. The maximum absolute atomic E-state index is 12.9. The van der Waals surface area contributed by atoms with E-state index in [0.29, 0.717) is 5.56 Å². The maximum Gasteiger partial charge on any atom is 0.224 e. The van der Waals surface area contributed by atoms with Crippen LogP contribution < -0.4 is 5.32 Å². The van der Waals surface area contributed by atoms with Crippen LogP contribution in [-0.4, -0.2) is 11.4 Å². The highest BCUT2D eigenvalue weighted by Gasteiger charge is 2.17. The van der Waals surface area contributed by atoms with Crippen LogP contribution in [0.2, 0.25) is 0 Å². The van der Waals surface area contributed by atoms with E-state index in [0.717, 1.165) is 6.42 Å². The van der Waals surface area contributed by atoms with Crippen LogP contribution in [0.5, 0.6) is 0 Å². The molecule has 0 heterocycles. The number of benzene rings is 1. The van der Waals surface area contributed by atoms with Gasteiger partial charge in [-0.3, -0.25) is 4.79 Å². The lowest BCUT2D eigenvalue weighted by Gasteiger charge is -2.24. The summed E-state index contributed by atoms with van der Waals surface area (Å²) in [6.07, 6.45) is 1.09. The zero-order valence-corrected chi connectivity index (χ0v) is 10.0. The van der Waals surface area contributed by atoms with Crippen molar-refractivity contribution in [1.82, 2.24) is 5.32 Å². The quantitative estimate of drug-likeness (QED) is 0.835. The predicted octanol–water partition coefficient (Wildman–Crippen LogP) is 2.67. The van der Waals surface area contributed by atoms with Crippen LogP contribution in [0.25, 0.3) is 0 Å². The van der Waals surface area contributed by atoms with Gasteiger partial charge >= 0.3 is 0 Å². The maximum atomic E-state index is 12.9. The molecule has 0 saturated heterocycles. The monoisotopic (exact) mass is 223 g/mol. The molecule has 0 aliphatic heterocycles. The molecule has 0 aromatic heterocycles. The smallest absolute Gasteiger partial charge is 0.224 e. The Kier molecular flexibility index (Phi) is 4.05. The molecule has 0 fully saturated rings. The van der Waals surface area contributed by atoms with Gasteiger partial charge in [-0.15, -0.1) is 0 Å². The van der Waals surface area contributed by atoms with Gasteiger partial charge in [0.2, 0.25) is 5.91 Å². The van der Waals surface area contributed by atoms with E-state index in [4.69, 9.17) is 0 Å². The summed E-state index contributed by atoms with van der Waals surface area (Å²) in [5.41, 5.74) is 0.495. The standard InChI is InChI=1S/C13H18FNO/c1-4-13(2,3)15-12(16)9-10-6-5-7-11(14)8-10/h5-8H,4,9H2,1-3H3,(H,15,16). The Bertz CT molecular complexity index is 374. The van der Waals surface area contributed by atoms with Gasteiger partial charge in [-0.05, 0) is 38.0 Å². The number of carbonyl (C=O) groups excluding carboxylic acids is 1. The molecule has 0 atom stereocenters. The second-order valence-electron chi connectivity index (χ2n) is 4.59. The summed E-state index contributed by atoms with van der Waals surface area (Å²) in [5.74, 6) is -0.377. The lowest BCUT2D eigenvalue weighted by atomic mass is 10.0. The molecule has 0 bridgehead atoms. The molecular weight excluding hydrogens is 205 g/mol. The zero-order chi connectivity index (χ0) is 12.2. The van der Waals surface area contributed by atoms with E-state index in [2.05, 4.69) is 5.32 Å². The minimum absolute atomic E-state index is 0.0718. The van der Waals surface area contributed by atoms with Gasteiger partial charge in [0.1, 0.15) is 5.82 Å². The largest absolute Gasteiger partial charge is 0.351 e.